The summed E-state index contributed by atoms with van der Waals surface area (Å²) in [7, 11) is -1.69. The van der Waals surface area contributed by atoms with Crippen LogP contribution in [0.25, 0.3) is 0 Å². The number of hydrogen-bond donors (Lipinski definition) is 0. The number of aryl methyl sites for hydroxylation is 1. The van der Waals surface area contributed by atoms with Crippen molar-refractivity contribution < 1.29 is 4.43 Å². The van der Waals surface area contributed by atoms with Crippen LogP contribution in [0.5, 0.6) is 0 Å². The number of fused-ring (bicyclic) bond motifs is 3. The van der Waals surface area contributed by atoms with Crippen LogP contribution in [0.1, 0.15) is 64.5 Å². The molecule has 2 atom stereocenters. The van der Waals surface area contributed by atoms with E-state index in [1.165, 1.54) is 61.4 Å². The summed E-state index contributed by atoms with van der Waals surface area (Å²) in [6.45, 7) is 9.31. The van der Waals surface area contributed by atoms with Crippen molar-refractivity contribution in [1.82, 2.24) is 0 Å². The molecule has 0 amide bonds. The number of hydrogen-bond acceptors (Lipinski definition) is 1. The Hall–Kier alpha value is -0.863. The van der Waals surface area contributed by atoms with Crippen LogP contribution in [0.4, 0.5) is 0 Å². The van der Waals surface area contributed by atoms with E-state index in [9.17, 15) is 0 Å². The molecule has 1 nitrogen and oxygen atoms in total. The molecule has 1 aromatic carbocycles. The van der Waals surface area contributed by atoms with Gasteiger partial charge in [-0.05, 0) is 79.8 Å². The van der Waals surface area contributed by atoms with Gasteiger partial charge in [-0.15, -0.1) is 0 Å². The van der Waals surface area contributed by atoms with Crippen molar-refractivity contribution in [2.24, 2.45) is 5.92 Å². The van der Waals surface area contributed by atoms with Gasteiger partial charge in [-0.2, -0.15) is 0 Å². The lowest BCUT2D eigenvalue weighted by Gasteiger charge is -2.54. The molecular weight excluding hydrogens is 308 g/mol. The second-order valence-corrected chi connectivity index (χ2v) is 12.4. The quantitative estimate of drug-likeness (QED) is 0.433. The third-order valence-electron chi connectivity index (χ3n) is 6.89. The Bertz CT molecular complexity index is 593. The third-order valence-corrected chi connectivity index (χ3v) is 11.5. The van der Waals surface area contributed by atoms with Crippen LogP contribution in [0.3, 0.4) is 0 Å². The monoisotopic (exact) mass is 342 g/mol. The van der Waals surface area contributed by atoms with E-state index >= 15 is 0 Å². The van der Waals surface area contributed by atoms with Gasteiger partial charge < -0.3 is 4.43 Å². The molecule has 24 heavy (non-hydrogen) atoms. The molecule has 0 spiro atoms. The molecule has 132 valence electrons. The minimum atomic E-state index is -1.69. The molecule has 1 fully saturated rings. The maximum atomic E-state index is 7.42. The molecule has 2 aliphatic rings. The van der Waals surface area contributed by atoms with Crippen LogP contribution in [-0.2, 0) is 16.4 Å². The molecule has 0 bridgehead atoms. The Morgan fingerprint density at radius 2 is 1.79 bits per heavy atom. The molecule has 0 aromatic heterocycles. The minimum Gasteiger partial charge on any atom is -0.403 e. The Morgan fingerprint density at radius 1 is 1.08 bits per heavy atom. The summed E-state index contributed by atoms with van der Waals surface area (Å²) in [5.41, 5.74) is 4.48. The molecule has 0 aliphatic heterocycles. The van der Waals surface area contributed by atoms with Crippen molar-refractivity contribution in [2.45, 2.75) is 83.5 Å². The number of allylic oxidation sites excluding steroid dienone is 1. The van der Waals surface area contributed by atoms with Crippen molar-refractivity contribution in [3.05, 3.63) is 47.0 Å². The first-order chi connectivity index (χ1) is 11.7. The van der Waals surface area contributed by atoms with Gasteiger partial charge in [0.2, 0.25) is 0 Å². The predicted molar refractivity (Wildman–Crippen MR) is 106 cm³/mol. The Morgan fingerprint density at radius 3 is 2.46 bits per heavy atom. The number of benzene rings is 1. The lowest BCUT2D eigenvalue weighted by molar-refractivity contribution is -0.00589. The molecule has 1 saturated carbocycles. The zero-order chi connectivity index (χ0) is 17.2. The molecule has 3 rings (SSSR count). The summed E-state index contributed by atoms with van der Waals surface area (Å²) in [5, 5.41) is 0. The van der Waals surface area contributed by atoms with Gasteiger partial charge in [0.05, 0.1) is 0 Å². The van der Waals surface area contributed by atoms with Crippen LogP contribution in [0, 0.1) is 5.92 Å². The summed E-state index contributed by atoms with van der Waals surface area (Å²) in [6, 6.07) is 12.8. The molecule has 0 N–H and O–H groups in total. The molecule has 1 aromatic rings. The topological polar surface area (TPSA) is 9.23 Å². The van der Waals surface area contributed by atoms with Crippen molar-refractivity contribution >= 4 is 8.32 Å². The molecule has 2 heteroatoms. The summed E-state index contributed by atoms with van der Waals surface area (Å²) < 4.78 is 7.42. The SMILES string of the molecule is C/C=C1\CCC[C@@H]2CCc3ccccc3[C@]12O[Si](CC)(CC)CC. The molecule has 0 radical (unpaired) electrons. The summed E-state index contributed by atoms with van der Waals surface area (Å²) in [4.78, 5) is 0. The van der Waals surface area contributed by atoms with Gasteiger partial charge in [-0.25, -0.2) is 0 Å². The largest absolute Gasteiger partial charge is 0.403 e. The van der Waals surface area contributed by atoms with E-state index in [4.69, 9.17) is 4.43 Å². The van der Waals surface area contributed by atoms with Crippen LogP contribution < -0.4 is 0 Å². The summed E-state index contributed by atoms with van der Waals surface area (Å²) >= 11 is 0. The Labute approximate surface area is 149 Å². The van der Waals surface area contributed by atoms with E-state index < -0.39 is 8.32 Å². The summed E-state index contributed by atoms with van der Waals surface area (Å²) in [5.74, 6) is 0.670. The van der Waals surface area contributed by atoms with Gasteiger partial charge in [0.1, 0.15) is 5.60 Å². The normalized spacial score (nSPS) is 28.5. The zero-order valence-corrected chi connectivity index (χ0v) is 17.0. The van der Waals surface area contributed by atoms with Crippen molar-refractivity contribution in [1.29, 1.82) is 0 Å². The molecule has 0 saturated heterocycles. The minimum absolute atomic E-state index is 0.115. The van der Waals surface area contributed by atoms with E-state index in [0.717, 1.165) is 0 Å². The van der Waals surface area contributed by atoms with Gasteiger partial charge in [0.25, 0.3) is 0 Å². The third kappa shape index (κ3) is 2.72. The van der Waals surface area contributed by atoms with Gasteiger partial charge >= 0.3 is 0 Å². The van der Waals surface area contributed by atoms with Crippen LogP contribution in [0.15, 0.2) is 35.9 Å². The van der Waals surface area contributed by atoms with Gasteiger partial charge in [-0.1, -0.05) is 51.1 Å². The fourth-order valence-corrected chi connectivity index (χ4v) is 8.26. The van der Waals surface area contributed by atoms with Crippen molar-refractivity contribution in [2.75, 3.05) is 0 Å². The van der Waals surface area contributed by atoms with E-state index in [1.807, 2.05) is 0 Å². The maximum Gasteiger partial charge on any atom is 0.193 e. The van der Waals surface area contributed by atoms with Gasteiger partial charge in [0.15, 0.2) is 8.32 Å². The van der Waals surface area contributed by atoms with Gasteiger partial charge in [-0.3, -0.25) is 0 Å². The van der Waals surface area contributed by atoms with Crippen molar-refractivity contribution in [3.8, 4) is 0 Å². The highest BCUT2D eigenvalue weighted by molar-refractivity contribution is 6.73. The zero-order valence-electron chi connectivity index (χ0n) is 16.0. The maximum absolute atomic E-state index is 7.42. The molecular formula is C22H34OSi. The Balaban J connectivity index is 2.18. The first-order valence-electron chi connectivity index (χ1n) is 10.1. The fourth-order valence-electron chi connectivity index (χ4n) is 5.23. The lowest BCUT2D eigenvalue weighted by Crippen LogP contribution is -2.53. The standard InChI is InChI=1S/C22H34OSi/c1-5-19-13-11-14-20-17-16-18-12-9-10-15-21(18)22(19,20)23-24(6-2,7-3)8-4/h5,9-10,12,15,20H,6-8,11,13-14,16-17H2,1-4H3/b19-5+/t20-,22+/m1/s1. The second kappa shape index (κ2) is 7.17. The summed E-state index contributed by atoms with van der Waals surface area (Å²) in [6.07, 6.45) is 8.76. The van der Waals surface area contributed by atoms with E-state index in [-0.39, 0.29) is 5.60 Å². The van der Waals surface area contributed by atoms with Crippen LogP contribution >= 0.6 is 0 Å². The first kappa shape index (κ1) is 17.9. The lowest BCUT2D eigenvalue weighted by atomic mass is 9.62. The predicted octanol–water partition coefficient (Wildman–Crippen LogP) is 6.60. The highest BCUT2D eigenvalue weighted by atomic mass is 28.4. The van der Waals surface area contributed by atoms with E-state index in [0.29, 0.717) is 5.92 Å². The van der Waals surface area contributed by atoms with E-state index in [2.05, 4.69) is 58.0 Å². The molecule has 0 heterocycles. The highest BCUT2D eigenvalue weighted by Crippen LogP contribution is 2.55. The molecule has 0 unspecified atom stereocenters. The van der Waals surface area contributed by atoms with Crippen LogP contribution in [-0.4, -0.2) is 8.32 Å². The average Bonchev–Trinajstić information content (AvgIpc) is 2.65. The van der Waals surface area contributed by atoms with E-state index in [1.54, 1.807) is 5.57 Å². The highest BCUT2D eigenvalue weighted by Gasteiger charge is 2.52. The first-order valence-corrected chi connectivity index (χ1v) is 12.6. The Kier molecular flexibility index (Phi) is 5.36. The van der Waals surface area contributed by atoms with Crippen LogP contribution in [0.2, 0.25) is 18.1 Å². The fraction of sp³-hybridized carbons (Fsp3) is 0.636. The molecule has 2 aliphatic carbocycles. The average molecular weight is 343 g/mol. The second-order valence-electron chi connectivity index (χ2n) is 7.68. The number of rotatable bonds is 5. The van der Waals surface area contributed by atoms with Gasteiger partial charge in [0, 0.05) is 0 Å². The van der Waals surface area contributed by atoms with Crippen molar-refractivity contribution in [3.63, 3.8) is 0 Å². The smallest absolute Gasteiger partial charge is 0.193 e.